The highest BCUT2D eigenvalue weighted by Gasteiger charge is 2.34. The van der Waals surface area contributed by atoms with Crippen molar-refractivity contribution in [1.82, 2.24) is 4.68 Å². The van der Waals surface area contributed by atoms with Crippen molar-refractivity contribution in [1.29, 1.82) is 0 Å². The number of carbonyl (C=O) groups excluding carboxylic acids is 1. The Morgan fingerprint density at radius 2 is 2.29 bits per heavy atom. The number of anilines is 1. The number of amides is 1. The van der Waals surface area contributed by atoms with Crippen LogP contribution in [0.15, 0.2) is 45.8 Å². The lowest BCUT2D eigenvalue weighted by molar-refractivity contribution is -0.118. The number of ether oxygens (including phenoxy) is 1. The van der Waals surface area contributed by atoms with E-state index >= 15 is 0 Å². The van der Waals surface area contributed by atoms with Crippen LogP contribution in [0.5, 0.6) is 5.75 Å². The van der Waals surface area contributed by atoms with Gasteiger partial charge in [-0.25, -0.2) is 4.68 Å². The van der Waals surface area contributed by atoms with Crippen molar-refractivity contribution in [2.24, 2.45) is 27.8 Å². The third-order valence-electron chi connectivity index (χ3n) is 5.59. The van der Waals surface area contributed by atoms with Crippen LogP contribution in [-0.4, -0.2) is 29.9 Å². The fourth-order valence-electron chi connectivity index (χ4n) is 4.24. The van der Waals surface area contributed by atoms with Crippen LogP contribution in [0.4, 0.5) is 5.69 Å². The van der Waals surface area contributed by atoms with Gasteiger partial charge in [-0.1, -0.05) is 12.2 Å². The molecule has 144 valence electrons. The molecule has 1 fully saturated rings. The number of thiazole rings is 1. The number of nitrogens with zero attached hydrogens (tertiary/aromatic N) is 3. The predicted molar refractivity (Wildman–Crippen MR) is 111 cm³/mol. The Balaban J connectivity index is 1.52. The van der Waals surface area contributed by atoms with Gasteiger partial charge < -0.3 is 10.1 Å². The van der Waals surface area contributed by atoms with Gasteiger partial charge in [-0.2, -0.15) is 5.10 Å². The second-order valence-corrected chi connectivity index (χ2v) is 8.28. The third-order valence-corrected chi connectivity index (χ3v) is 6.44. The lowest BCUT2D eigenvalue weighted by Crippen LogP contribution is -2.25. The molecule has 3 aliphatic rings. The zero-order valence-electron chi connectivity index (χ0n) is 15.7. The van der Waals surface area contributed by atoms with Gasteiger partial charge in [0.1, 0.15) is 5.75 Å². The summed E-state index contributed by atoms with van der Waals surface area (Å²) in [4.78, 5) is 17.1. The molecule has 6 nitrogen and oxygen atoms in total. The van der Waals surface area contributed by atoms with Gasteiger partial charge in [0.2, 0.25) is 4.80 Å². The maximum Gasteiger partial charge on any atom is 0.262 e. The first-order valence-electron chi connectivity index (χ1n) is 9.72. The van der Waals surface area contributed by atoms with Gasteiger partial charge in [0, 0.05) is 29.6 Å². The molecule has 3 unspecified atom stereocenters. The number of hydrogen-bond acceptors (Lipinski definition) is 5. The van der Waals surface area contributed by atoms with E-state index in [1.165, 1.54) is 12.8 Å². The summed E-state index contributed by atoms with van der Waals surface area (Å²) < 4.78 is 7.40. The Bertz CT molecular complexity index is 1050. The quantitative estimate of drug-likeness (QED) is 0.637. The van der Waals surface area contributed by atoms with E-state index in [2.05, 4.69) is 34.1 Å². The predicted octanol–water partition coefficient (Wildman–Crippen LogP) is 3.51. The maximum absolute atomic E-state index is 11.7. The summed E-state index contributed by atoms with van der Waals surface area (Å²) in [6.07, 6.45) is 9.23. The van der Waals surface area contributed by atoms with Crippen LogP contribution < -0.4 is 14.9 Å². The summed E-state index contributed by atoms with van der Waals surface area (Å²) in [6, 6.07) is 5.84. The van der Waals surface area contributed by atoms with E-state index in [1.54, 1.807) is 11.3 Å². The first kappa shape index (κ1) is 17.4. The zero-order chi connectivity index (χ0) is 19.1. The molecule has 1 amide bonds. The third kappa shape index (κ3) is 3.09. The number of rotatable bonds is 4. The molecule has 2 bridgehead atoms. The Hall–Kier alpha value is -2.67. The molecule has 1 aliphatic heterocycles. The molecule has 1 N–H and O–H groups in total. The van der Waals surface area contributed by atoms with Crippen molar-refractivity contribution >= 4 is 29.1 Å². The van der Waals surface area contributed by atoms with Crippen LogP contribution in [0.3, 0.4) is 0 Å². The molecule has 3 atom stereocenters. The molecule has 2 aromatic rings. The van der Waals surface area contributed by atoms with Crippen LogP contribution in [0.1, 0.15) is 19.8 Å². The second-order valence-electron chi connectivity index (χ2n) is 7.45. The van der Waals surface area contributed by atoms with Crippen molar-refractivity contribution in [2.75, 3.05) is 18.5 Å². The first-order valence-corrected chi connectivity index (χ1v) is 10.6. The molecule has 5 rings (SSSR count). The van der Waals surface area contributed by atoms with Crippen molar-refractivity contribution in [3.05, 3.63) is 40.5 Å². The minimum atomic E-state index is -0.133. The monoisotopic (exact) mass is 394 g/mol. The number of fused-ring (bicyclic) bond motifs is 3. The molecule has 1 saturated carbocycles. The minimum absolute atomic E-state index is 0.0621. The number of hydrogen-bond donors (Lipinski definition) is 1. The smallest absolute Gasteiger partial charge is 0.262 e. The standard InChI is InChI=1S/C21H22N4O2S/c1-2-22-21-25(23-10-16-8-13-3-4-14(16)7-13)18(12-28-21)15-5-6-19-17(9-15)24-20(26)11-27-19/h3-6,9-10,12-14,16H,2,7-8,11H2,1H3,(H,24,26). The van der Waals surface area contributed by atoms with E-state index < -0.39 is 0 Å². The molecular weight excluding hydrogens is 372 g/mol. The molecule has 1 aromatic heterocycles. The van der Waals surface area contributed by atoms with Crippen molar-refractivity contribution < 1.29 is 9.53 Å². The molecule has 28 heavy (non-hydrogen) atoms. The van der Waals surface area contributed by atoms with Gasteiger partial charge in [-0.05, 0) is 49.8 Å². The average Bonchev–Trinajstić information content (AvgIpc) is 3.42. The fraction of sp³-hybridized carbons (Fsp3) is 0.381. The Morgan fingerprint density at radius 3 is 3.07 bits per heavy atom. The number of nitrogens with one attached hydrogen (secondary N) is 1. The number of carbonyl (C=O) groups is 1. The summed E-state index contributed by atoms with van der Waals surface area (Å²) in [6.45, 7) is 2.80. The summed E-state index contributed by atoms with van der Waals surface area (Å²) in [5.41, 5.74) is 2.64. The minimum Gasteiger partial charge on any atom is -0.482 e. The SMILES string of the molecule is CCN=c1scc(-c2ccc3c(c2)NC(=O)CO3)n1N=CC1CC2C=CC1C2. The van der Waals surface area contributed by atoms with Gasteiger partial charge in [0.25, 0.3) is 5.91 Å². The van der Waals surface area contributed by atoms with Gasteiger partial charge in [-0.15, -0.1) is 11.3 Å². The highest BCUT2D eigenvalue weighted by atomic mass is 32.1. The van der Waals surface area contributed by atoms with Crippen LogP contribution in [-0.2, 0) is 4.79 Å². The van der Waals surface area contributed by atoms with E-state index in [0.717, 1.165) is 22.0 Å². The highest BCUT2D eigenvalue weighted by Crippen LogP contribution is 2.42. The molecule has 0 radical (unpaired) electrons. The van der Waals surface area contributed by atoms with Gasteiger partial charge >= 0.3 is 0 Å². The van der Waals surface area contributed by atoms with E-state index in [1.807, 2.05) is 29.8 Å². The summed E-state index contributed by atoms with van der Waals surface area (Å²) >= 11 is 1.58. The molecule has 2 heterocycles. The normalized spacial score (nSPS) is 26.0. The van der Waals surface area contributed by atoms with Gasteiger partial charge in [-0.3, -0.25) is 9.79 Å². The van der Waals surface area contributed by atoms with Crippen LogP contribution in [0, 0.1) is 17.8 Å². The lowest BCUT2D eigenvalue weighted by atomic mass is 9.95. The van der Waals surface area contributed by atoms with Crippen LogP contribution in [0.2, 0.25) is 0 Å². The molecule has 0 spiro atoms. The Kier molecular flexibility index (Phi) is 4.39. The van der Waals surface area contributed by atoms with Gasteiger partial charge in [0.05, 0.1) is 11.4 Å². The number of benzene rings is 1. The molecule has 7 heteroatoms. The number of allylic oxidation sites excluding steroid dienone is 2. The van der Waals surface area contributed by atoms with E-state index in [9.17, 15) is 4.79 Å². The fourth-order valence-corrected chi connectivity index (χ4v) is 5.14. The Morgan fingerprint density at radius 1 is 1.36 bits per heavy atom. The maximum atomic E-state index is 11.7. The van der Waals surface area contributed by atoms with Crippen LogP contribution in [0.25, 0.3) is 11.3 Å². The topological polar surface area (TPSA) is 68.0 Å². The average molecular weight is 395 g/mol. The first-order chi connectivity index (χ1) is 13.7. The van der Waals surface area contributed by atoms with E-state index in [0.29, 0.717) is 29.8 Å². The van der Waals surface area contributed by atoms with Crippen LogP contribution >= 0.6 is 11.3 Å². The highest BCUT2D eigenvalue weighted by molar-refractivity contribution is 7.07. The summed E-state index contributed by atoms with van der Waals surface area (Å²) in [5, 5.41) is 9.79. The van der Waals surface area contributed by atoms with E-state index in [-0.39, 0.29) is 12.5 Å². The van der Waals surface area contributed by atoms with Crippen molar-refractivity contribution in [3.8, 4) is 17.0 Å². The molecule has 1 aromatic carbocycles. The van der Waals surface area contributed by atoms with E-state index in [4.69, 9.17) is 9.84 Å². The zero-order valence-corrected chi connectivity index (χ0v) is 16.5. The van der Waals surface area contributed by atoms with Crippen molar-refractivity contribution in [2.45, 2.75) is 19.8 Å². The summed E-state index contributed by atoms with van der Waals surface area (Å²) in [7, 11) is 0. The Labute approximate surface area is 167 Å². The van der Waals surface area contributed by atoms with Gasteiger partial charge in [0.15, 0.2) is 6.61 Å². The van der Waals surface area contributed by atoms with Crippen molar-refractivity contribution in [3.63, 3.8) is 0 Å². The molecule has 0 saturated heterocycles. The molecular formula is C21H22N4O2S. The number of aromatic nitrogens is 1. The second kappa shape index (κ2) is 7.05. The molecule has 2 aliphatic carbocycles. The largest absolute Gasteiger partial charge is 0.482 e. The lowest BCUT2D eigenvalue weighted by Gasteiger charge is -2.18. The summed E-state index contributed by atoms with van der Waals surface area (Å²) in [5.74, 6) is 2.41.